The largest absolute Gasteiger partial charge is 0.353 e. The van der Waals surface area contributed by atoms with Gasteiger partial charge in [0.25, 0.3) is 0 Å². The molecule has 0 aliphatic carbocycles. The van der Waals surface area contributed by atoms with Crippen LogP contribution in [0.2, 0.25) is 5.02 Å². The lowest BCUT2D eigenvalue weighted by Gasteiger charge is -2.21. The Bertz CT molecular complexity index is 572. The van der Waals surface area contributed by atoms with Crippen molar-refractivity contribution in [3.05, 3.63) is 34.9 Å². The lowest BCUT2D eigenvalue weighted by Crippen LogP contribution is -2.42. The van der Waals surface area contributed by atoms with E-state index in [0.717, 1.165) is 22.5 Å². The predicted octanol–water partition coefficient (Wildman–Crippen LogP) is 2.02. The highest BCUT2D eigenvalue weighted by atomic mass is 35.5. The summed E-state index contributed by atoms with van der Waals surface area (Å²) in [6, 6.07) is 6.89. The zero-order valence-electron chi connectivity index (χ0n) is 12.5. The number of halogens is 1. The van der Waals surface area contributed by atoms with Crippen molar-refractivity contribution in [1.82, 2.24) is 9.62 Å². The summed E-state index contributed by atoms with van der Waals surface area (Å²) in [4.78, 5) is 11.9. The first-order valence-corrected chi connectivity index (χ1v) is 8.94. The third kappa shape index (κ3) is 6.46. The van der Waals surface area contributed by atoms with Gasteiger partial charge >= 0.3 is 0 Å². The average Bonchev–Trinajstić information content (AvgIpc) is 2.39. The number of sulfonamides is 1. The first kappa shape index (κ1) is 17.9. The van der Waals surface area contributed by atoms with Crippen LogP contribution in [-0.4, -0.2) is 37.5 Å². The topological polar surface area (TPSA) is 66.5 Å². The molecule has 1 N–H and O–H groups in total. The van der Waals surface area contributed by atoms with Crippen molar-refractivity contribution in [1.29, 1.82) is 0 Å². The Morgan fingerprint density at radius 3 is 2.38 bits per heavy atom. The average molecular weight is 333 g/mol. The van der Waals surface area contributed by atoms with Crippen LogP contribution in [0.5, 0.6) is 0 Å². The molecule has 0 aliphatic rings. The number of carbonyl (C=O) groups excluding carboxylic acids is 1. The zero-order chi connectivity index (χ0) is 16.0. The number of nitrogens with zero attached hydrogens (tertiary/aromatic N) is 1. The van der Waals surface area contributed by atoms with Gasteiger partial charge in [-0.15, -0.1) is 0 Å². The molecule has 0 unspecified atom stereocenters. The molecular formula is C14H21ClN2O3S. The summed E-state index contributed by atoms with van der Waals surface area (Å²) in [5.74, 6) is -0.302. The van der Waals surface area contributed by atoms with E-state index in [-0.39, 0.29) is 25.0 Å². The molecule has 0 saturated heterocycles. The minimum absolute atomic E-state index is 0.0226. The molecule has 0 heterocycles. The third-order valence-corrected chi connectivity index (χ3v) is 4.53. The Kier molecular flexibility index (Phi) is 6.64. The fourth-order valence-electron chi connectivity index (χ4n) is 1.67. The molecule has 21 heavy (non-hydrogen) atoms. The van der Waals surface area contributed by atoms with Crippen LogP contribution in [0.3, 0.4) is 0 Å². The lowest BCUT2D eigenvalue weighted by atomic mass is 10.2. The van der Waals surface area contributed by atoms with E-state index in [4.69, 9.17) is 11.6 Å². The monoisotopic (exact) mass is 332 g/mol. The fraction of sp³-hybridized carbons (Fsp3) is 0.500. The number of carbonyl (C=O) groups is 1. The smallest absolute Gasteiger partial charge is 0.235 e. The van der Waals surface area contributed by atoms with Crippen molar-refractivity contribution in [3.8, 4) is 0 Å². The summed E-state index contributed by atoms with van der Waals surface area (Å²) in [5.41, 5.74) is 0.779. The van der Waals surface area contributed by atoms with Gasteiger partial charge < -0.3 is 5.32 Å². The van der Waals surface area contributed by atoms with Crippen LogP contribution in [0.1, 0.15) is 25.8 Å². The predicted molar refractivity (Wildman–Crippen MR) is 84.6 cm³/mol. The highest BCUT2D eigenvalue weighted by Crippen LogP contribution is 2.13. The number of nitrogens with one attached hydrogen (secondary N) is 1. The normalized spacial score (nSPS) is 13.2. The van der Waals surface area contributed by atoms with Gasteiger partial charge in [0, 0.05) is 17.6 Å². The Hall–Kier alpha value is -1.11. The molecule has 118 valence electrons. The summed E-state index contributed by atoms with van der Waals surface area (Å²) < 4.78 is 24.8. The molecular weight excluding hydrogens is 312 g/mol. The van der Waals surface area contributed by atoms with E-state index in [0.29, 0.717) is 5.02 Å². The van der Waals surface area contributed by atoms with E-state index in [1.165, 1.54) is 0 Å². The second-order valence-corrected chi connectivity index (χ2v) is 7.45. The van der Waals surface area contributed by atoms with Crippen LogP contribution in [0.4, 0.5) is 0 Å². The van der Waals surface area contributed by atoms with E-state index in [9.17, 15) is 13.2 Å². The quantitative estimate of drug-likeness (QED) is 0.830. The first-order valence-electron chi connectivity index (χ1n) is 6.71. The van der Waals surface area contributed by atoms with Crippen LogP contribution in [0, 0.1) is 0 Å². The Morgan fingerprint density at radius 2 is 1.90 bits per heavy atom. The van der Waals surface area contributed by atoms with Crippen LogP contribution in [-0.2, 0) is 21.4 Å². The Morgan fingerprint density at radius 1 is 1.33 bits per heavy atom. The number of hydrogen-bond donors (Lipinski definition) is 1. The van der Waals surface area contributed by atoms with Gasteiger partial charge in [-0.3, -0.25) is 4.79 Å². The molecule has 1 rings (SSSR count). The van der Waals surface area contributed by atoms with E-state index in [1.807, 2.05) is 13.8 Å². The van der Waals surface area contributed by atoms with E-state index in [1.54, 1.807) is 24.3 Å². The van der Waals surface area contributed by atoms with Crippen LogP contribution in [0.15, 0.2) is 24.3 Å². The molecule has 1 aromatic rings. The Labute approximate surface area is 131 Å². The van der Waals surface area contributed by atoms with Gasteiger partial charge in [-0.2, -0.15) is 4.31 Å². The van der Waals surface area contributed by atoms with Gasteiger partial charge in [0.2, 0.25) is 15.9 Å². The van der Waals surface area contributed by atoms with Crippen molar-refractivity contribution >= 4 is 27.5 Å². The summed E-state index contributed by atoms with van der Waals surface area (Å²) >= 11 is 5.80. The molecule has 0 radical (unpaired) electrons. The van der Waals surface area contributed by atoms with Crippen LogP contribution < -0.4 is 5.32 Å². The van der Waals surface area contributed by atoms with E-state index < -0.39 is 10.0 Å². The summed E-state index contributed by atoms with van der Waals surface area (Å²) in [5, 5.41) is 3.34. The minimum Gasteiger partial charge on any atom is -0.353 e. The number of hydrogen-bond acceptors (Lipinski definition) is 3. The van der Waals surface area contributed by atoms with Gasteiger partial charge in [-0.25, -0.2) is 8.42 Å². The maximum absolute atomic E-state index is 11.9. The van der Waals surface area contributed by atoms with Gasteiger partial charge in [-0.1, -0.05) is 30.7 Å². The summed E-state index contributed by atoms with van der Waals surface area (Å²) in [6.45, 7) is 3.78. The fourth-order valence-corrected chi connectivity index (χ4v) is 2.53. The van der Waals surface area contributed by atoms with Crippen molar-refractivity contribution in [2.24, 2.45) is 0 Å². The third-order valence-electron chi connectivity index (χ3n) is 3.08. The van der Waals surface area contributed by atoms with E-state index in [2.05, 4.69) is 5.32 Å². The summed E-state index contributed by atoms with van der Waals surface area (Å²) in [6.07, 6.45) is 1.89. The standard InChI is InChI=1S/C14H21ClN2O3S/c1-4-11(2)16-14(18)10-17(21(3,19)20)9-12-5-7-13(15)8-6-12/h5-8,11H,4,9-10H2,1-3H3,(H,16,18)/t11-/m0/s1. The van der Waals surface area contributed by atoms with Gasteiger partial charge in [0.15, 0.2) is 0 Å². The number of rotatable bonds is 7. The minimum atomic E-state index is -3.47. The van der Waals surface area contributed by atoms with Crippen molar-refractivity contribution in [2.45, 2.75) is 32.9 Å². The van der Waals surface area contributed by atoms with Gasteiger partial charge in [0.05, 0.1) is 12.8 Å². The van der Waals surface area contributed by atoms with Crippen molar-refractivity contribution in [2.75, 3.05) is 12.8 Å². The summed E-state index contributed by atoms with van der Waals surface area (Å²) in [7, 11) is -3.47. The highest BCUT2D eigenvalue weighted by molar-refractivity contribution is 7.88. The van der Waals surface area contributed by atoms with Crippen LogP contribution in [0.25, 0.3) is 0 Å². The first-order chi connectivity index (χ1) is 9.72. The van der Waals surface area contributed by atoms with Crippen molar-refractivity contribution < 1.29 is 13.2 Å². The van der Waals surface area contributed by atoms with Gasteiger partial charge in [0.1, 0.15) is 0 Å². The molecule has 0 bridgehead atoms. The molecule has 1 atom stereocenters. The SMILES string of the molecule is CC[C@H](C)NC(=O)CN(Cc1ccc(Cl)cc1)S(C)(=O)=O. The molecule has 1 aromatic carbocycles. The maximum atomic E-state index is 11.9. The highest BCUT2D eigenvalue weighted by Gasteiger charge is 2.21. The molecule has 0 aromatic heterocycles. The number of benzene rings is 1. The van der Waals surface area contributed by atoms with Gasteiger partial charge in [-0.05, 0) is 31.0 Å². The molecule has 0 spiro atoms. The molecule has 0 aliphatic heterocycles. The second-order valence-electron chi connectivity index (χ2n) is 5.03. The second kappa shape index (κ2) is 7.77. The Balaban J connectivity index is 2.78. The van der Waals surface area contributed by atoms with Crippen LogP contribution >= 0.6 is 11.6 Å². The maximum Gasteiger partial charge on any atom is 0.235 e. The molecule has 5 nitrogen and oxygen atoms in total. The molecule has 0 fully saturated rings. The molecule has 7 heteroatoms. The molecule has 1 amide bonds. The van der Waals surface area contributed by atoms with E-state index >= 15 is 0 Å². The molecule has 0 saturated carbocycles. The number of amides is 1. The zero-order valence-corrected chi connectivity index (χ0v) is 14.0. The lowest BCUT2D eigenvalue weighted by molar-refractivity contribution is -0.122. The van der Waals surface area contributed by atoms with Crippen molar-refractivity contribution in [3.63, 3.8) is 0 Å².